The minimum atomic E-state index is -0.533. The van der Waals surface area contributed by atoms with E-state index in [0.29, 0.717) is 12.1 Å². The average Bonchev–Trinajstić information content (AvgIpc) is 2.85. The fourth-order valence-corrected chi connectivity index (χ4v) is 2.19. The van der Waals surface area contributed by atoms with Crippen LogP contribution in [0, 0.1) is 13.8 Å². The van der Waals surface area contributed by atoms with Crippen LogP contribution >= 0.6 is 0 Å². The van der Waals surface area contributed by atoms with Crippen LogP contribution < -0.4 is 0 Å². The zero-order valence-corrected chi connectivity index (χ0v) is 11.9. The molecule has 0 amide bonds. The van der Waals surface area contributed by atoms with E-state index in [2.05, 4.69) is 9.84 Å². The van der Waals surface area contributed by atoms with Gasteiger partial charge in [0.2, 0.25) is 0 Å². The first-order chi connectivity index (χ1) is 9.56. The van der Waals surface area contributed by atoms with Crippen molar-refractivity contribution in [2.45, 2.75) is 27.0 Å². The third kappa shape index (κ3) is 2.72. The number of hydrogen-bond acceptors (Lipinski definition) is 4. The van der Waals surface area contributed by atoms with Crippen LogP contribution in [0.2, 0.25) is 0 Å². The molecule has 5 nitrogen and oxygen atoms in total. The van der Waals surface area contributed by atoms with E-state index in [1.165, 1.54) is 18.2 Å². The Kier molecular flexibility index (Phi) is 4.20. The molecule has 0 unspecified atom stereocenters. The second-order valence-electron chi connectivity index (χ2n) is 4.72. The molecule has 1 aromatic carbocycles. The Bertz CT molecular complexity index is 612. The zero-order chi connectivity index (χ0) is 14.7. The number of esters is 1. The van der Waals surface area contributed by atoms with E-state index in [4.69, 9.17) is 0 Å². The summed E-state index contributed by atoms with van der Waals surface area (Å²) in [5, 5.41) is 13.5. The second kappa shape index (κ2) is 5.88. The number of nitrogens with zero attached hydrogens (tertiary/aromatic N) is 2. The van der Waals surface area contributed by atoms with Gasteiger partial charge in [-0.15, -0.1) is 0 Å². The fourth-order valence-electron chi connectivity index (χ4n) is 2.19. The Morgan fingerprint density at radius 3 is 2.55 bits per heavy atom. The first-order valence-electron chi connectivity index (χ1n) is 6.37. The van der Waals surface area contributed by atoms with E-state index in [9.17, 15) is 9.90 Å². The van der Waals surface area contributed by atoms with Crippen LogP contribution in [0.15, 0.2) is 24.4 Å². The summed E-state index contributed by atoms with van der Waals surface area (Å²) in [6, 6.07) is 6.09. The van der Waals surface area contributed by atoms with Crippen molar-refractivity contribution in [2.75, 3.05) is 7.11 Å². The first-order valence-corrected chi connectivity index (χ1v) is 6.37. The molecule has 0 radical (unpaired) electrons. The summed E-state index contributed by atoms with van der Waals surface area (Å²) >= 11 is 0. The third-order valence-electron chi connectivity index (χ3n) is 3.35. The molecule has 2 rings (SSSR count). The van der Waals surface area contributed by atoms with Gasteiger partial charge in [-0.2, -0.15) is 5.10 Å². The lowest BCUT2D eigenvalue weighted by Crippen LogP contribution is -2.08. The molecule has 20 heavy (non-hydrogen) atoms. The summed E-state index contributed by atoms with van der Waals surface area (Å²) in [6.45, 7) is 4.40. The summed E-state index contributed by atoms with van der Waals surface area (Å²) < 4.78 is 6.32. The number of ether oxygens (including phenoxy) is 1. The molecule has 1 heterocycles. The molecule has 1 N–H and O–H groups in total. The van der Waals surface area contributed by atoms with Gasteiger partial charge in [-0.3, -0.25) is 4.68 Å². The highest BCUT2D eigenvalue weighted by atomic mass is 16.5. The van der Waals surface area contributed by atoms with Crippen LogP contribution in [-0.2, 0) is 17.9 Å². The standard InChI is InChI=1S/C15H18N2O3/c1-10-5-4-6-11(2)13(10)8-17-7-12(9-18)14(16-17)15(19)20-3/h4-7,18H,8-9H2,1-3H3. The molecule has 0 aliphatic heterocycles. The Morgan fingerprint density at radius 2 is 2.00 bits per heavy atom. The molecule has 1 aromatic heterocycles. The van der Waals surface area contributed by atoms with E-state index in [1.54, 1.807) is 10.9 Å². The SMILES string of the molecule is COC(=O)c1nn(Cc2c(C)cccc2C)cc1CO. The molecule has 5 heteroatoms. The average molecular weight is 274 g/mol. The van der Waals surface area contributed by atoms with Crippen LogP contribution in [0.5, 0.6) is 0 Å². The quantitative estimate of drug-likeness (QED) is 0.864. The molecular weight excluding hydrogens is 256 g/mol. The molecule has 0 fully saturated rings. The third-order valence-corrected chi connectivity index (χ3v) is 3.35. The van der Waals surface area contributed by atoms with Crippen LogP contribution in [0.25, 0.3) is 0 Å². The molecule has 2 aromatic rings. The van der Waals surface area contributed by atoms with E-state index in [-0.39, 0.29) is 12.3 Å². The van der Waals surface area contributed by atoms with Gasteiger partial charge in [-0.05, 0) is 30.5 Å². The van der Waals surface area contributed by atoms with E-state index >= 15 is 0 Å². The smallest absolute Gasteiger partial charge is 0.358 e. The number of aliphatic hydroxyl groups excluding tert-OH is 1. The van der Waals surface area contributed by atoms with Crippen molar-refractivity contribution in [1.29, 1.82) is 0 Å². The highest BCUT2D eigenvalue weighted by Gasteiger charge is 2.17. The summed E-state index contributed by atoms with van der Waals surface area (Å²) in [5.41, 5.74) is 4.15. The van der Waals surface area contributed by atoms with Gasteiger partial charge in [-0.1, -0.05) is 18.2 Å². The van der Waals surface area contributed by atoms with Crippen molar-refractivity contribution in [3.05, 3.63) is 52.3 Å². The lowest BCUT2D eigenvalue weighted by atomic mass is 10.0. The number of methoxy groups -OCH3 is 1. The molecule has 0 aliphatic rings. The monoisotopic (exact) mass is 274 g/mol. The van der Waals surface area contributed by atoms with Crippen molar-refractivity contribution < 1.29 is 14.6 Å². The van der Waals surface area contributed by atoms with Gasteiger partial charge in [0, 0.05) is 11.8 Å². The van der Waals surface area contributed by atoms with Crippen molar-refractivity contribution in [3.63, 3.8) is 0 Å². The normalized spacial score (nSPS) is 10.6. The molecule has 0 aliphatic carbocycles. The van der Waals surface area contributed by atoms with Gasteiger partial charge in [0.25, 0.3) is 0 Å². The maximum Gasteiger partial charge on any atom is 0.358 e. The lowest BCUT2D eigenvalue weighted by Gasteiger charge is -2.09. The lowest BCUT2D eigenvalue weighted by molar-refractivity contribution is 0.0589. The van der Waals surface area contributed by atoms with Crippen LogP contribution in [0.1, 0.15) is 32.7 Å². The predicted octanol–water partition coefficient (Wildman–Crippen LogP) is 1.83. The number of carbonyl (C=O) groups is 1. The van der Waals surface area contributed by atoms with Gasteiger partial charge >= 0.3 is 5.97 Å². The van der Waals surface area contributed by atoms with E-state index in [0.717, 1.165) is 5.56 Å². The zero-order valence-electron chi connectivity index (χ0n) is 11.9. The maximum absolute atomic E-state index is 11.6. The Balaban J connectivity index is 2.35. The fraction of sp³-hybridized carbons (Fsp3) is 0.333. The molecule has 0 atom stereocenters. The molecule has 0 saturated carbocycles. The molecule has 0 spiro atoms. The predicted molar refractivity (Wildman–Crippen MR) is 74.5 cm³/mol. The number of hydrogen-bond donors (Lipinski definition) is 1. The Hall–Kier alpha value is -2.14. The van der Waals surface area contributed by atoms with Crippen molar-refractivity contribution >= 4 is 5.97 Å². The van der Waals surface area contributed by atoms with Gasteiger partial charge in [-0.25, -0.2) is 4.79 Å². The number of carbonyl (C=O) groups excluding carboxylic acids is 1. The van der Waals surface area contributed by atoms with Gasteiger partial charge in [0.15, 0.2) is 5.69 Å². The maximum atomic E-state index is 11.6. The number of rotatable bonds is 4. The van der Waals surface area contributed by atoms with Crippen molar-refractivity contribution in [2.24, 2.45) is 0 Å². The first kappa shape index (κ1) is 14.3. The summed E-state index contributed by atoms with van der Waals surface area (Å²) in [4.78, 5) is 11.6. The number of aromatic nitrogens is 2. The number of aliphatic hydroxyl groups is 1. The Labute approximate surface area is 117 Å². The highest BCUT2D eigenvalue weighted by molar-refractivity contribution is 5.88. The molecule has 0 saturated heterocycles. The summed E-state index contributed by atoms with van der Waals surface area (Å²) in [7, 11) is 1.30. The van der Waals surface area contributed by atoms with Gasteiger partial charge in [0.1, 0.15) is 0 Å². The van der Waals surface area contributed by atoms with E-state index in [1.807, 2.05) is 32.0 Å². The summed E-state index contributed by atoms with van der Waals surface area (Å²) in [5.74, 6) is -0.533. The van der Waals surface area contributed by atoms with Gasteiger partial charge in [0.05, 0.1) is 20.3 Å². The van der Waals surface area contributed by atoms with Crippen LogP contribution in [0.4, 0.5) is 0 Å². The van der Waals surface area contributed by atoms with E-state index < -0.39 is 5.97 Å². The molecule has 106 valence electrons. The van der Waals surface area contributed by atoms with Crippen molar-refractivity contribution in [3.8, 4) is 0 Å². The minimum Gasteiger partial charge on any atom is -0.464 e. The topological polar surface area (TPSA) is 64.3 Å². The number of benzene rings is 1. The van der Waals surface area contributed by atoms with Crippen LogP contribution in [-0.4, -0.2) is 28.0 Å². The van der Waals surface area contributed by atoms with Crippen LogP contribution in [0.3, 0.4) is 0 Å². The largest absolute Gasteiger partial charge is 0.464 e. The van der Waals surface area contributed by atoms with Gasteiger partial charge < -0.3 is 9.84 Å². The minimum absolute atomic E-state index is 0.168. The number of aryl methyl sites for hydroxylation is 2. The molecule has 0 bridgehead atoms. The Morgan fingerprint density at radius 1 is 1.35 bits per heavy atom. The second-order valence-corrected chi connectivity index (χ2v) is 4.72. The molecular formula is C15H18N2O3. The summed E-state index contributed by atoms with van der Waals surface area (Å²) in [6.07, 6.45) is 1.68. The van der Waals surface area contributed by atoms with Crippen molar-refractivity contribution in [1.82, 2.24) is 9.78 Å². The highest BCUT2D eigenvalue weighted by Crippen LogP contribution is 2.16.